The van der Waals surface area contributed by atoms with Crippen molar-refractivity contribution in [1.29, 1.82) is 0 Å². The number of nitrogens with zero attached hydrogens (tertiary/aromatic N) is 2. The van der Waals surface area contributed by atoms with Gasteiger partial charge in [0, 0.05) is 36.1 Å². The van der Waals surface area contributed by atoms with Crippen LogP contribution in [0, 0.1) is 0 Å². The van der Waals surface area contributed by atoms with E-state index in [9.17, 15) is 27.5 Å². The van der Waals surface area contributed by atoms with Gasteiger partial charge in [-0.05, 0) is 48.9 Å². The van der Waals surface area contributed by atoms with Gasteiger partial charge in [-0.1, -0.05) is 12.1 Å². The van der Waals surface area contributed by atoms with Crippen LogP contribution in [0.25, 0.3) is 22.4 Å². The van der Waals surface area contributed by atoms with Gasteiger partial charge < -0.3 is 30.2 Å². The lowest BCUT2D eigenvalue weighted by molar-refractivity contribution is -0.137. The van der Waals surface area contributed by atoms with E-state index in [1.165, 1.54) is 24.3 Å². The SMILES string of the molecule is O=C(Nc1cccc(OCC(O)CO)c1)c1cccc2[nH]c(-c3ccc(N4CCC(F)C4)cc3C(F)(F)F)nc12. The minimum atomic E-state index is -4.69. The van der Waals surface area contributed by atoms with Gasteiger partial charge in [-0.15, -0.1) is 0 Å². The van der Waals surface area contributed by atoms with Crippen molar-refractivity contribution in [2.75, 3.05) is 36.5 Å². The van der Waals surface area contributed by atoms with E-state index >= 15 is 0 Å². The molecule has 4 aromatic rings. The molecule has 210 valence electrons. The number of alkyl halides is 4. The summed E-state index contributed by atoms with van der Waals surface area (Å²) in [5, 5.41) is 21.1. The predicted molar refractivity (Wildman–Crippen MR) is 141 cm³/mol. The third kappa shape index (κ3) is 5.87. The van der Waals surface area contributed by atoms with E-state index in [1.807, 2.05) is 0 Å². The Bertz CT molecular complexity index is 1520. The quantitative estimate of drug-likeness (QED) is 0.232. The van der Waals surface area contributed by atoms with Gasteiger partial charge in [-0.3, -0.25) is 4.79 Å². The highest BCUT2D eigenvalue weighted by Gasteiger charge is 2.36. The van der Waals surface area contributed by atoms with Crippen molar-refractivity contribution in [1.82, 2.24) is 9.97 Å². The molecule has 8 nitrogen and oxygen atoms in total. The summed E-state index contributed by atoms with van der Waals surface area (Å²) >= 11 is 0. The molecule has 2 heterocycles. The molecule has 1 aliphatic heterocycles. The highest BCUT2D eigenvalue weighted by molar-refractivity contribution is 6.11. The monoisotopic (exact) mass is 558 g/mol. The van der Waals surface area contributed by atoms with Gasteiger partial charge in [-0.2, -0.15) is 13.2 Å². The molecule has 0 saturated carbocycles. The van der Waals surface area contributed by atoms with E-state index in [4.69, 9.17) is 9.84 Å². The van der Waals surface area contributed by atoms with E-state index in [2.05, 4.69) is 15.3 Å². The van der Waals surface area contributed by atoms with Crippen molar-refractivity contribution in [3.05, 3.63) is 71.8 Å². The Hall–Kier alpha value is -4.16. The van der Waals surface area contributed by atoms with Crippen LogP contribution in [0.2, 0.25) is 0 Å². The maximum absolute atomic E-state index is 14.1. The third-order valence-corrected chi connectivity index (χ3v) is 6.56. The van der Waals surface area contributed by atoms with Crippen LogP contribution in [0.5, 0.6) is 5.75 Å². The van der Waals surface area contributed by atoms with Crippen LogP contribution in [-0.2, 0) is 6.18 Å². The molecule has 1 aromatic heterocycles. The lowest BCUT2D eigenvalue weighted by Crippen LogP contribution is -2.21. The Morgan fingerprint density at radius 3 is 2.70 bits per heavy atom. The van der Waals surface area contributed by atoms with E-state index < -0.39 is 36.5 Å². The summed E-state index contributed by atoms with van der Waals surface area (Å²) in [6, 6.07) is 14.9. The number of carbonyl (C=O) groups excluding carboxylic acids is 1. The zero-order valence-corrected chi connectivity index (χ0v) is 21.1. The molecule has 1 saturated heterocycles. The van der Waals surface area contributed by atoms with Crippen molar-refractivity contribution in [3.8, 4) is 17.1 Å². The van der Waals surface area contributed by atoms with E-state index in [-0.39, 0.29) is 47.7 Å². The standard InChI is InChI=1S/C28H26F4N4O4/c29-16-9-10-36(13-16)18-7-8-21(23(12-18)28(30,31)32)26-34-24-6-2-5-22(25(24)35-26)27(39)33-17-3-1-4-20(11-17)40-15-19(38)14-37/h1-8,11-12,16,19,37-38H,9-10,13-15H2,(H,33,39)(H,34,35). The van der Waals surface area contributed by atoms with Crippen molar-refractivity contribution in [2.45, 2.75) is 24.9 Å². The topological polar surface area (TPSA) is 111 Å². The van der Waals surface area contributed by atoms with Crippen LogP contribution in [0.1, 0.15) is 22.3 Å². The van der Waals surface area contributed by atoms with Gasteiger partial charge in [0.25, 0.3) is 5.91 Å². The van der Waals surface area contributed by atoms with E-state index in [0.717, 1.165) is 6.07 Å². The largest absolute Gasteiger partial charge is 0.491 e. The number of imidazole rings is 1. The fourth-order valence-corrected chi connectivity index (χ4v) is 4.57. The Kier molecular flexibility index (Phi) is 7.63. The average Bonchev–Trinajstić information content (AvgIpc) is 3.57. The number of amides is 1. The van der Waals surface area contributed by atoms with Crippen LogP contribution in [0.15, 0.2) is 60.7 Å². The summed E-state index contributed by atoms with van der Waals surface area (Å²) in [5.41, 5.74) is 0.245. The van der Waals surface area contributed by atoms with Gasteiger partial charge in [0.2, 0.25) is 0 Å². The number of anilines is 2. The maximum Gasteiger partial charge on any atom is 0.417 e. The molecular weight excluding hydrogens is 532 g/mol. The fraction of sp³-hybridized carbons (Fsp3) is 0.286. The second kappa shape index (κ2) is 11.1. The normalized spacial score (nSPS) is 16.4. The number of para-hydroxylation sites is 1. The Labute approximate surface area is 226 Å². The first-order valence-electron chi connectivity index (χ1n) is 12.5. The lowest BCUT2D eigenvalue weighted by Gasteiger charge is -2.20. The molecule has 1 amide bonds. The van der Waals surface area contributed by atoms with Crippen molar-refractivity contribution in [3.63, 3.8) is 0 Å². The van der Waals surface area contributed by atoms with Crippen LogP contribution < -0.4 is 15.0 Å². The fourth-order valence-electron chi connectivity index (χ4n) is 4.57. The number of rotatable bonds is 8. The summed E-state index contributed by atoms with van der Waals surface area (Å²) in [6.45, 7) is -0.225. The third-order valence-electron chi connectivity index (χ3n) is 6.56. The Balaban J connectivity index is 1.43. The number of halogens is 4. The number of ether oxygens (including phenoxy) is 1. The average molecular weight is 559 g/mol. The maximum atomic E-state index is 14.1. The van der Waals surface area contributed by atoms with E-state index in [1.54, 1.807) is 35.2 Å². The number of aliphatic hydroxyl groups excluding tert-OH is 2. The first kappa shape index (κ1) is 27.4. The molecule has 0 spiro atoms. The molecule has 0 radical (unpaired) electrons. The minimum absolute atomic E-state index is 0.0411. The van der Waals surface area contributed by atoms with Crippen molar-refractivity contribution >= 4 is 28.3 Å². The highest BCUT2D eigenvalue weighted by Crippen LogP contribution is 2.40. The zero-order valence-electron chi connectivity index (χ0n) is 21.1. The highest BCUT2D eigenvalue weighted by atomic mass is 19.4. The number of hydrogen-bond donors (Lipinski definition) is 4. The molecule has 0 aliphatic carbocycles. The molecular formula is C28H26F4N4O4. The number of aromatic nitrogens is 2. The number of H-pyrrole nitrogens is 1. The minimum Gasteiger partial charge on any atom is -0.491 e. The summed E-state index contributed by atoms with van der Waals surface area (Å²) in [4.78, 5) is 22.0. The number of hydrogen-bond acceptors (Lipinski definition) is 6. The second-order valence-electron chi connectivity index (χ2n) is 9.48. The van der Waals surface area contributed by atoms with Crippen molar-refractivity contribution in [2.24, 2.45) is 0 Å². The van der Waals surface area contributed by atoms with Crippen molar-refractivity contribution < 1.29 is 37.3 Å². The molecule has 3 aromatic carbocycles. The summed E-state index contributed by atoms with van der Waals surface area (Å²) in [6.07, 6.45) is -6.56. The van der Waals surface area contributed by atoms with Gasteiger partial charge in [0.15, 0.2) is 0 Å². The number of nitrogens with one attached hydrogen (secondary N) is 2. The number of aromatic amines is 1. The smallest absolute Gasteiger partial charge is 0.417 e. The molecule has 5 rings (SSSR count). The van der Waals surface area contributed by atoms with Crippen LogP contribution in [0.4, 0.5) is 28.9 Å². The molecule has 2 atom stereocenters. The van der Waals surface area contributed by atoms with Gasteiger partial charge in [-0.25, -0.2) is 9.37 Å². The first-order chi connectivity index (χ1) is 19.1. The molecule has 4 N–H and O–H groups in total. The van der Waals surface area contributed by atoms with Gasteiger partial charge >= 0.3 is 6.18 Å². The van der Waals surface area contributed by atoms with Crippen LogP contribution in [0.3, 0.4) is 0 Å². The molecule has 1 fully saturated rings. The summed E-state index contributed by atoms with van der Waals surface area (Å²) in [7, 11) is 0. The predicted octanol–water partition coefficient (Wildman–Crippen LogP) is 4.78. The number of aliphatic hydroxyl groups is 2. The Morgan fingerprint density at radius 1 is 1.18 bits per heavy atom. The van der Waals surface area contributed by atoms with Crippen LogP contribution >= 0.6 is 0 Å². The molecule has 1 aliphatic rings. The first-order valence-corrected chi connectivity index (χ1v) is 12.5. The van der Waals surface area contributed by atoms with Gasteiger partial charge in [0.1, 0.15) is 36.0 Å². The molecule has 40 heavy (non-hydrogen) atoms. The summed E-state index contributed by atoms with van der Waals surface area (Å²) in [5.74, 6) is -0.251. The number of benzene rings is 3. The van der Waals surface area contributed by atoms with Crippen LogP contribution in [-0.4, -0.2) is 64.7 Å². The molecule has 0 bridgehead atoms. The van der Waals surface area contributed by atoms with E-state index in [0.29, 0.717) is 23.5 Å². The summed E-state index contributed by atoms with van der Waals surface area (Å²) < 4.78 is 61.4. The number of carbonyl (C=O) groups is 1. The molecule has 2 unspecified atom stereocenters. The second-order valence-corrected chi connectivity index (χ2v) is 9.48. The Morgan fingerprint density at radius 2 is 1.98 bits per heavy atom. The lowest BCUT2D eigenvalue weighted by atomic mass is 10.0. The molecule has 12 heteroatoms. The zero-order chi connectivity index (χ0) is 28.4. The van der Waals surface area contributed by atoms with Gasteiger partial charge in [0.05, 0.1) is 23.3 Å². The number of fused-ring (bicyclic) bond motifs is 1.